The fourth-order valence-electron chi connectivity index (χ4n) is 1.17. The van der Waals surface area contributed by atoms with Gasteiger partial charge >= 0.3 is 6.09 Å². The van der Waals surface area contributed by atoms with E-state index in [2.05, 4.69) is 44.9 Å². The Bertz CT molecular complexity index is 310. The van der Waals surface area contributed by atoms with Crippen LogP contribution in [0.1, 0.15) is 41.5 Å². The molecule has 1 amide bonds. The van der Waals surface area contributed by atoms with Crippen LogP contribution in [0.15, 0.2) is 0 Å². The molecular formula is C17H40N2O3S. The minimum Gasteiger partial charge on any atom is -0.444 e. The van der Waals surface area contributed by atoms with Crippen molar-refractivity contribution in [2.75, 3.05) is 52.1 Å². The van der Waals surface area contributed by atoms with Gasteiger partial charge < -0.3 is 20.1 Å². The number of carbonyl (C=O) groups excluding carboxylic acids is 1. The zero-order valence-corrected chi connectivity index (χ0v) is 17.8. The third-order valence-electron chi connectivity index (χ3n) is 3.61. The molecule has 0 bridgehead atoms. The van der Waals surface area contributed by atoms with Gasteiger partial charge in [0.25, 0.3) is 0 Å². The molecule has 0 atom stereocenters. The Hall–Kier alpha value is -0.460. The molecule has 0 aliphatic carbocycles. The molecule has 1 aliphatic rings. The third-order valence-corrected chi connectivity index (χ3v) is 7.28. The maximum Gasteiger partial charge on any atom is 0.410 e. The number of carbonyl (C=O) groups is 1. The molecule has 23 heavy (non-hydrogen) atoms. The Morgan fingerprint density at radius 3 is 1.61 bits per heavy atom. The first-order valence-corrected chi connectivity index (χ1v) is 10.9. The molecule has 6 heteroatoms. The molecule has 0 unspecified atom stereocenters. The number of aliphatic hydroxyl groups excluding tert-OH is 1. The molecular weight excluding hydrogens is 312 g/mol. The Labute approximate surface area is 145 Å². The minimum atomic E-state index is -0.387. The number of amides is 1. The van der Waals surface area contributed by atoms with Gasteiger partial charge in [0, 0.05) is 33.3 Å². The molecule has 142 valence electrons. The average molecular weight is 353 g/mol. The summed E-state index contributed by atoms with van der Waals surface area (Å²) in [4.78, 5) is 13.2. The van der Waals surface area contributed by atoms with Crippen molar-refractivity contribution >= 4 is 16.1 Å². The van der Waals surface area contributed by atoms with Gasteiger partial charge in [-0.05, 0) is 44.3 Å². The van der Waals surface area contributed by atoms with E-state index >= 15 is 0 Å². The van der Waals surface area contributed by atoms with Crippen LogP contribution in [0.2, 0.25) is 0 Å². The molecule has 0 aromatic carbocycles. The molecule has 1 fully saturated rings. The first-order chi connectivity index (χ1) is 10.2. The topological polar surface area (TPSA) is 61.8 Å². The molecule has 0 saturated carbocycles. The predicted octanol–water partition coefficient (Wildman–Crippen LogP) is 2.91. The van der Waals surface area contributed by atoms with Crippen LogP contribution in [0.4, 0.5) is 4.79 Å². The van der Waals surface area contributed by atoms with Gasteiger partial charge in [0.2, 0.25) is 0 Å². The zero-order chi connectivity index (χ0) is 18.9. The summed E-state index contributed by atoms with van der Waals surface area (Å²) in [6.07, 6.45) is 6.86. The first kappa shape index (κ1) is 24.8. The monoisotopic (exact) mass is 352 g/mol. The Balaban J connectivity index is 0. The van der Waals surface area contributed by atoms with Crippen LogP contribution in [0.3, 0.4) is 0 Å². The zero-order valence-electron chi connectivity index (χ0n) is 16.9. The number of hydrogen-bond donors (Lipinski definition) is 2. The molecule has 0 aromatic heterocycles. The van der Waals surface area contributed by atoms with E-state index in [1.807, 2.05) is 20.8 Å². The Morgan fingerprint density at radius 2 is 1.35 bits per heavy atom. The maximum absolute atomic E-state index is 11.5. The van der Waals surface area contributed by atoms with Crippen LogP contribution in [0, 0.1) is 0 Å². The number of hydrogen-bond acceptors (Lipinski definition) is 4. The fraction of sp³-hybridized carbons (Fsp3) is 0.941. The predicted molar refractivity (Wildman–Crippen MR) is 104 cm³/mol. The van der Waals surface area contributed by atoms with Gasteiger partial charge in [-0.15, -0.1) is 0 Å². The lowest BCUT2D eigenvalue weighted by Gasteiger charge is -2.40. The van der Waals surface area contributed by atoms with Crippen LogP contribution < -0.4 is 5.32 Å². The molecule has 2 N–H and O–H groups in total. The second-order valence-corrected chi connectivity index (χ2v) is 13.1. The van der Waals surface area contributed by atoms with Crippen molar-refractivity contribution in [3.8, 4) is 0 Å². The number of aliphatic hydroxyl groups is 1. The minimum absolute atomic E-state index is 0.200. The lowest BCUT2D eigenvalue weighted by atomic mass is 10.2. The van der Waals surface area contributed by atoms with Crippen molar-refractivity contribution in [1.29, 1.82) is 0 Å². The number of piperazine rings is 1. The molecule has 1 rings (SSSR count). The lowest BCUT2D eigenvalue weighted by Crippen LogP contribution is -2.48. The van der Waals surface area contributed by atoms with Crippen molar-refractivity contribution in [1.82, 2.24) is 10.2 Å². The Kier molecular flexibility index (Phi) is 11.2. The van der Waals surface area contributed by atoms with E-state index in [1.165, 1.54) is 0 Å². The van der Waals surface area contributed by atoms with Crippen LogP contribution in [-0.4, -0.2) is 78.5 Å². The summed E-state index contributed by atoms with van der Waals surface area (Å²) in [5.74, 6) is 0. The molecule has 1 aliphatic heterocycles. The summed E-state index contributed by atoms with van der Waals surface area (Å²) in [6, 6.07) is 0. The van der Waals surface area contributed by atoms with Gasteiger partial charge in [0.05, 0.1) is 0 Å². The normalized spacial score (nSPS) is 16.4. The van der Waals surface area contributed by atoms with Crippen molar-refractivity contribution in [2.45, 2.75) is 51.9 Å². The number of nitrogens with one attached hydrogen (secondary N) is 1. The van der Waals surface area contributed by atoms with E-state index in [-0.39, 0.29) is 21.7 Å². The van der Waals surface area contributed by atoms with Crippen molar-refractivity contribution in [3.63, 3.8) is 0 Å². The van der Waals surface area contributed by atoms with Gasteiger partial charge in [-0.1, -0.05) is 20.8 Å². The SMILES string of the molecule is CC(C)(C)OC(=O)N1CCNCC1.CC(C)(C)S(C)(C)C.CO. The van der Waals surface area contributed by atoms with Gasteiger partial charge in [0.15, 0.2) is 0 Å². The maximum atomic E-state index is 11.5. The highest BCUT2D eigenvalue weighted by Crippen LogP contribution is 2.48. The van der Waals surface area contributed by atoms with Crippen LogP contribution in [0.25, 0.3) is 0 Å². The summed E-state index contributed by atoms with van der Waals surface area (Å²) in [5, 5.41) is 10.2. The third kappa shape index (κ3) is 12.6. The van der Waals surface area contributed by atoms with E-state index < -0.39 is 0 Å². The van der Waals surface area contributed by atoms with Crippen LogP contribution in [0.5, 0.6) is 0 Å². The van der Waals surface area contributed by atoms with Gasteiger partial charge in [-0.25, -0.2) is 14.8 Å². The van der Waals surface area contributed by atoms with Gasteiger partial charge in [0.1, 0.15) is 5.60 Å². The highest BCUT2D eigenvalue weighted by molar-refractivity contribution is 8.33. The van der Waals surface area contributed by atoms with E-state index in [1.54, 1.807) is 4.90 Å². The first-order valence-electron chi connectivity index (χ1n) is 8.05. The average Bonchev–Trinajstić information content (AvgIpc) is 2.38. The van der Waals surface area contributed by atoms with Gasteiger partial charge in [-0.3, -0.25) is 0 Å². The largest absolute Gasteiger partial charge is 0.444 e. The Morgan fingerprint density at radius 1 is 1.00 bits per heavy atom. The molecule has 0 spiro atoms. The fourth-order valence-corrected chi connectivity index (χ4v) is 1.17. The van der Waals surface area contributed by atoms with Crippen molar-refractivity contribution in [3.05, 3.63) is 0 Å². The molecule has 5 nitrogen and oxygen atoms in total. The lowest BCUT2D eigenvalue weighted by molar-refractivity contribution is 0.0229. The summed E-state index contributed by atoms with van der Waals surface area (Å²) in [6.45, 7) is 15.8. The smallest absolute Gasteiger partial charge is 0.410 e. The quantitative estimate of drug-likeness (QED) is 0.704. The van der Waals surface area contributed by atoms with Crippen LogP contribution >= 0.6 is 10.0 Å². The van der Waals surface area contributed by atoms with E-state index in [0.717, 1.165) is 33.3 Å². The molecule has 0 radical (unpaired) electrons. The number of nitrogens with zero attached hydrogens (tertiary/aromatic N) is 1. The highest BCUT2D eigenvalue weighted by atomic mass is 32.3. The standard InChI is InChI=1S/C9H18N2O2.C7H18S.CH4O/c1-9(2,3)13-8(12)11-6-4-10-5-7-11;1-7(2,3)8(4,5)6;1-2/h10H,4-7H2,1-3H3;1-6H3;2H,1H3. The molecule has 1 saturated heterocycles. The molecule has 0 aromatic rings. The van der Waals surface area contributed by atoms with Crippen molar-refractivity contribution in [2.24, 2.45) is 0 Å². The van der Waals surface area contributed by atoms with Gasteiger partial charge in [-0.2, -0.15) is 0 Å². The van der Waals surface area contributed by atoms with E-state index in [0.29, 0.717) is 4.75 Å². The highest BCUT2D eigenvalue weighted by Gasteiger charge is 2.23. The molecule has 1 heterocycles. The second kappa shape index (κ2) is 10.4. The second-order valence-electron chi connectivity index (χ2n) is 8.17. The van der Waals surface area contributed by atoms with Crippen LogP contribution in [-0.2, 0) is 4.74 Å². The van der Waals surface area contributed by atoms with E-state index in [4.69, 9.17) is 9.84 Å². The summed E-state index contributed by atoms with van der Waals surface area (Å²) >= 11 is 0. The summed E-state index contributed by atoms with van der Waals surface area (Å²) < 4.78 is 5.76. The number of ether oxygens (including phenoxy) is 1. The van der Waals surface area contributed by atoms with Crippen molar-refractivity contribution < 1.29 is 14.6 Å². The summed E-state index contributed by atoms with van der Waals surface area (Å²) in [7, 11) is 0.660. The number of rotatable bonds is 0. The van der Waals surface area contributed by atoms with E-state index in [9.17, 15) is 4.79 Å². The summed E-state index contributed by atoms with van der Waals surface area (Å²) in [5.41, 5.74) is -0.387.